The average molecular weight is 499 g/mol. The minimum Gasteiger partial charge on any atom is -0.354 e. The second kappa shape index (κ2) is 13.2. The summed E-state index contributed by atoms with van der Waals surface area (Å²) < 4.78 is 0. The molecule has 0 saturated carbocycles. The van der Waals surface area contributed by atoms with E-state index in [4.69, 9.17) is 0 Å². The van der Waals surface area contributed by atoms with E-state index in [2.05, 4.69) is 64.2 Å². The maximum atomic E-state index is 13.8. The average Bonchev–Trinajstić information content (AvgIpc) is 2.88. The molecule has 0 heterocycles. The maximum Gasteiger partial charge on any atom is 0.243 e. The third kappa shape index (κ3) is 8.89. The number of hydrogen-bond acceptors (Lipinski definition) is 2. The molecule has 0 radical (unpaired) electrons. The van der Waals surface area contributed by atoms with Crippen LogP contribution >= 0.6 is 0 Å². The minimum absolute atomic E-state index is 0.00983. The lowest BCUT2D eigenvalue weighted by Crippen LogP contribution is -2.51. The molecule has 37 heavy (non-hydrogen) atoms. The highest BCUT2D eigenvalue weighted by Gasteiger charge is 2.30. The van der Waals surface area contributed by atoms with Gasteiger partial charge in [-0.15, -0.1) is 0 Å². The van der Waals surface area contributed by atoms with Crippen molar-refractivity contribution in [2.45, 2.75) is 71.9 Å². The van der Waals surface area contributed by atoms with Crippen LogP contribution in [0.4, 0.5) is 0 Å². The fraction of sp³-hybridized carbons (Fsp3) is 0.394. The summed E-state index contributed by atoms with van der Waals surface area (Å²) in [6, 6.07) is 27.8. The van der Waals surface area contributed by atoms with E-state index in [0.29, 0.717) is 38.3 Å². The van der Waals surface area contributed by atoms with Gasteiger partial charge in [0.05, 0.1) is 0 Å². The molecule has 1 atom stereocenters. The molecule has 3 aromatic rings. The molecule has 0 aliphatic rings. The summed E-state index contributed by atoms with van der Waals surface area (Å²) in [5.41, 5.74) is 4.55. The Labute approximate surface area is 223 Å². The first-order chi connectivity index (χ1) is 17.6. The number of benzene rings is 3. The summed E-state index contributed by atoms with van der Waals surface area (Å²) in [6.45, 7) is 11.7. The summed E-state index contributed by atoms with van der Waals surface area (Å²) in [5, 5.41) is 3.08. The van der Waals surface area contributed by atoms with Crippen molar-refractivity contribution in [3.05, 3.63) is 107 Å². The van der Waals surface area contributed by atoms with Gasteiger partial charge in [0.25, 0.3) is 0 Å². The first-order valence-corrected chi connectivity index (χ1v) is 13.4. The van der Waals surface area contributed by atoms with Crippen molar-refractivity contribution in [2.24, 2.45) is 5.92 Å². The van der Waals surface area contributed by atoms with Gasteiger partial charge in [-0.25, -0.2) is 0 Å². The zero-order valence-electron chi connectivity index (χ0n) is 23.0. The molecule has 1 N–H and O–H groups in total. The van der Waals surface area contributed by atoms with Gasteiger partial charge in [-0.05, 0) is 40.0 Å². The molecule has 0 saturated heterocycles. The minimum atomic E-state index is -0.586. The van der Waals surface area contributed by atoms with Crippen LogP contribution in [0, 0.1) is 5.92 Å². The molecule has 2 amide bonds. The van der Waals surface area contributed by atoms with Crippen LogP contribution in [-0.2, 0) is 34.4 Å². The van der Waals surface area contributed by atoms with E-state index in [9.17, 15) is 9.59 Å². The Hall–Kier alpha value is -3.40. The van der Waals surface area contributed by atoms with Crippen molar-refractivity contribution in [1.29, 1.82) is 0 Å². The van der Waals surface area contributed by atoms with Gasteiger partial charge >= 0.3 is 0 Å². The Balaban J connectivity index is 1.85. The van der Waals surface area contributed by atoms with E-state index < -0.39 is 6.04 Å². The summed E-state index contributed by atoms with van der Waals surface area (Å²) in [6.07, 6.45) is 1.47. The molecule has 3 aromatic carbocycles. The fourth-order valence-corrected chi connectivity index (χ4v) is 4.32. The molecular formula is C33H42N2O2. The predicted molar refractivity (Wildman–Crippen MR) is 152 cm³/mol. The first kappa shape index (κ1) is 28.2. The molecule has 0 aromatic heterocycles. The third-order valence-electron chi connectivity index (χ3n) is 6.60. The highest BCUT2D eigenvalue weighted by molar-refractivity contribution is 5.88. The van der Waals surface area contributed by atoms with Crippen molar-refractivity contribution in [1.82, 2.24) is 10.2 Å². The van der Waals surface area contributed by atoms with Crippen molar-refractivity contribution >= 4 is 11.8 Å². The van der Waals surface area contributed by atoms with Gasteiger partial charge in [0.2, 0.25) is 11.8 Å². The van der Waals surface area contributed by atoms with E-state index in [0.717, 1.165) is 16.7 Å². The van der Waals surface area contributed by atoms with Gasteiger partial charge in [-0.3, -0.25) is 9.59 Å². The Morgan fingerprint density at radius 1 is 0.784 bits per heavy atom. The monoisotopic (exact) mass is 498 g/mol. The normalized spacial score (nSPS) is 12.3. The predicted octanol–water partition coefficient (Wildman–Crippen LogP) is 6.33. The Kier molecular flexibility index (Phi) is 10.1. The van der Waals surface area contributed by atoms with Gasteiger partial charge in [0, 0.05) is 25.9 Å². The largest absolute Gasteiger partial charge is 0.354 e. The van der Waals surface area contributed by atoms with Crippen molar-refractivity contribution in [3.63, 3.8) is 0 Å². The van der Waals surface area contributed by atoms with Gasteiger partial charge in [0.1, 0.15) is 6.04 Å². The molecule has 0 bridgehead atoms. The van der Waals surface area contributed by atoms with Crippen LogP contribution < -0.4 is 5.32 Å². The third-order valence-corrected chi connectivity index (χ3v) is 6.60. The van der Waals surface area contributed by atoms with Crippen LogP contribution in [0.5, 0.6) is 0 Å². The maximum absolute atomic E-state index is 13.8. The van der Waals surface area contributed by atoms with Crippen LogP contribution in [0.3, 0.4) is 0 Å². The van der Waals surface area contributed by atoms with Crippen LogP contribution in [0.1, 0.15) is 63.3 Å². The SMILES string of the molecule is CC(C)CNC(=O)[C@@H](Cc1ccccc1)N(Cc1ccccc1)C(=O)CCc1ccc(C(C)(C)C)cc1. The summed E-state index contributed by atoms with van der Waals surface area (Å²) >= 11 is 0. The molecule has 0 spiro atoms. The smallest absolute Gasteiger partial charge is 0.243 e. The van der Waals surface area contributed by atoms with Crippen LogP contribution in [0.15, 0.2) is 84.9 Å². The highest BCUT2D eigenvalue weighted by Crippen LogP contribution is 2.23. The number of nitrogens with zero attached hydrogens (tertiary/aromatic N) is 1. The summed E-state index contributed by atoms with van der Waals surface area (Å²) in [4.78, 5) is 29.0. The Morgan fingerprint density at radius 3 is 1.89 bits per heavy atom. The second-order valence-corrected chi connectivity index (χ2v) is 11.3. The van der Waals surface area contributed by atoms with E-state index in [1.54, 1.807) is 4.90 Å². The summed E-state index contributed by atoms with van der Waals surface area (Å²) in [5.74, 6) is 0.219. The number of carbonyl (C=O) groups is 2. The highest BCUT2D eigenvalue weighted by atomic mass is 16.2. The van der Waals surface area contributed by atoms with Gasteiger partial charge in [-0.1, -0.05) is 120 Å². The quantitative estimate of drug-likeness (QED) is 0.336. The van der Waals surface area contributed by atoms with E-state index in [1.165, 1.54) is 5.56 Å². The molecule has 4 heteroatoms. The zero-order valence-corrected chi connectivity index (χ0v) is 23.0. The van der Waals surface area contributed by atoms with Gasteiger partial charge < -0.3 is 10.2 Å². The number of amides is 2. The number of carbonyl (C=O) groups excluding carboxylic acids is 2. The lowest BCUT2D eigenvalue weighted by atomic mass is 9.86. The van der Waals surface area contributed by atoms with Crippen LogP contribution in [-0.4, -0.2) is 29.3 Å². The molecule has 196 valence electrons. The second-order valence-electron chi connectivity index (χ2n) is 11.3. The number of rotatable bonds is 11. The van der Waals surface area contributed by atoms with Crippen molar-refractivity contribution < 1.29 is 9.59 Å². The Morgan fingerprint density at radius 2 is 1.35 bits per heavy atom. The molecular weight excluding hydrogens is 456 g/mol. The van der Waals surface area contributed by atoms with Gasteiger partial charge in [0.15, 0.2) is 0 Å². The molecule has 0 unspecified atom stereocenters. The molecule has 0 aliphatic carbocycles. The fourth-order valence-electron chi connectivity index (χ4n) is 4.32. The van der Waals surface area contributed by atoms with Crippen molar-refractivity contribution in [3.8, 4) is 0 Å². The zero-order chi connectivity index (χ0) is 26.8. The van der Waals surface area contributed by atoms with Crippen LogP contribution in [0.2, 0.25) is 0 Å². The molecule has 0 aliphatic heterocycles. The number of hydrogen-bond donors (Lipinski definition) is 1. The van der Waals surface area contributed by atoms with Gasteiger partial charge in [-0.2, -0.15) is 0 Å². The molecule has 3 rings (SSSR count). The summed E-state index contributed by atoms with van der Waals surface area (Å²) in [7, 11) is 0. The molecule has 4 nitrogen and oxygen atoms in total. The van der Waals surface area contributed by atoms with E-state index in [1.807, 2.05) is 60.7 Å². The van der Waals surface area contributed by atoms with E-state index in [-0.39, 0.29) is 17.2 Å². The number of nitrogens with one attached hydrogen (secondary N) is 1. The lowest BCUT2D eigenvalue weighted by Gasteiger charge is -2.32. The molecule has 0 fully saturated rings. The topological polar surface area (TPSA) is 49.4 Å². The van der Waals surface area contributed by atoms with E-state index >= 15 is 0 Å². The standard InChI is InChI=1S/C33H42N2O2/c1-25(2)23-34-32(37)30(22-27-12-8-6-9-13-27)35(24-28-14-10-7-11-15-28)31(36)21-18-26-16-19-29(20-17-26)33(3,4)5/h6-17,19-20,25,30H,18,21-24H2,1-5H3,(H,34,37)/t30-/m1/s1. The first-order valence-electron chi connectivity index (χ1n) is 13.4. The van der Waals surface area contributed by atoms with Crippen LogP contribution in [0.25, 0.3) is 0 Å². The van der Waals surface area contributed by atoms with Crippen molar-refractivity contribution in [2.75, 3.05) is 6.54 Å². The number of aryl methyl sites for hydroxylation is 1. The lowest BCUT2D eigenvalue weighted by molar-refractivity contribution is -0.141. The Bertz CT molecular complexity index is 1120.